The molecule has 0 bridgehead atoms. The van der Waals surface area contributed by atoms with E-state index in [0.29, 0.717) is 0 Å². The summed E-state index contributed by atoms with van der Waals surface area (Å²) in [5.41, 5.74) is 2.29. The minimum atomic E-state index is 0.829. The molecule has 4 nitrogen and oxygen atoms in total. The predicted molar refractivity (Wildman–Crippen MR) is 77.7 cm³/mol. The van der Waals surface area contributed by atoms with Crippen molar-refractivity contribution in [3.05, 3.63) is 28.2 Å². The lowest BCUT2D eigenvalue weighted by molar-refractivity contribution is 0.770. The van der Waals surface area contributed by atoms with E-state index < -0.39 is 0 Å². The molecule has 0 aliphatic carbocycles. The van der Waals surface area contributed by atoms with Gasteiger partial charge in [0.05, 0.1) is 0 Å². The second-order valence-electron chi connectivity index (χ2n) is 4.09. The third-order valence-electron chi connectivity index (χ3n) is 2.82. The Bertz CT molecular complexity index is 548. The van der Waals surface area contributed by atoms with E-state index in [1.54, 1.807) is 0 Å². The maximum atomic E-state index is 4.28. The van der Waals surface area contributed by atoms with Crippen LogP contribution >= 0.6 is 15.9 Å². The molecule has 0 saturated heterocycles. The van der Waals surface area contributed by atoms with Gasteiger partial charge < -0.3 is 5.32 Å². The molecule has 1 N–H and O–H groups in total. The fourth-order valence-corrected chi connectivity index (χ4v) is 2.14. The van der Waals surface area contributed by atoms with E-state index in [1.807, 2.05) is 6.07 Å². The molecule has 1 aromatic heterocycles. The molecule has 0 amide bonds. The molecule has 1 aromatic carbocycles. The summed E-state index contributed by atoms with van der Waals surface area (Å²) < 4.78 is 3.20. The van der Waals surface area contributed by atoms with Crippen molar-refractivity contribution in [1.82, 2.24) is 14.8 Å². The SMILES string of the molecule is CCNc1nnc(-c2ccc(Br)c(C)c2)n1CC. The molecular formula is C13H17BrN4. The van der Waals surface area contributed by atoms with Crippen LogP contribution in [0, 0.1) is 6.92 Å². The quantitative estimate of drug-likeness (QED) is 0.940. The zero-order valence-electron chi connectivity index (χ0n) is 10.9. The van der Waals surface area contributed by atoms with Crippen LogP contribution in [0.3, 0.4) is 0 Å². The van der Waals surface area contributed by atoms with Crippen LogP contribution < -0.4 is 5.32 Å². The number of aryl methyl sites for hydroxylation is 1. The van der Waals surface area contributed by atoms with Crippen LogP contribution in [0.4, 0.5) is 5.95 Å². The number of hydrogen-bond donors (Lipinski definition) is 1. The summed E-state index contributed by atoms with van der Waals surface area (Å²) in [6, 6.07) is 6.23. The first kappa shape index (κ1) is 13.1. The van der Waals surface area contributed by atoms with Gasteiger partial charge in [0.25, 0.3) is 0 Å². The third-order valence-corrected chi connectivity index (χ3v) is 3.71. The lowest BCUT2D eigenvalue weighted by Gasteiger charge is -2.08. The summed E-state index contributed by atoms with van der Waals surface area (Å²) >= 11 is 3.51. The fraction of sp³-hybridized carbons (Fsp3) is 0.385. The predicted octanol–water partition coefficient (Wildman–Crippen LogP) is 3.47. The number of hydrogen-bond acceptors (Lipinski definition) is 3. The van der Waals surface area contributed by atoms with E-state index in [2.05, 4.69) is 68.9 Å². The lowest BCUT2D eigenvalue weighted by Crippen LogP contribution is -2.06. The van der Waals surface area contributed by atoms with Crippen molar-refractivity contribution in [2.45, 2.75) is 27.3 Å². The van der Waals surface area contributed by atoms with E-state index >= 15 is 0 Å². The summed E-state index contributed by atoms with van der Waals surface area (Å²) in [6.45, 7) is 7.92. The molecule has 2 aromatic rings. The normalized spacial score (nSPS) is 10.7. The third kappa shape index (κ3) is 2.41. The van der Waals surface area contributed by atoms with Crippen LogP contribution in [0.2, 0.25) is 0 Å². The van der Waals surface area contributed by atoms with E-state index in [0.717, 1.165) is 34.9 Å². The van der Waals surface area contributed by atoms with Crippen LogP contribution in [0.15, 0.2) is 22.7 Å². The second kappa shape index (κ2) is 5.52. The molecule has 2 rings (SSSR count). The Balaban J connectivity index is 2.46. The zero-order valence-corrected chi connectivity index (χ0v) is 12.5. The van der Waals surface area contributed by atoms with Crippen LogP contribution in [0.25, 0.3) is 11.4 Å². The standard InChI is InChI=1S/C13H17BrN4/c1-4-15-13-17-16-12(18(13)5-2)10-6-7-11(14)9(3)8-10/h6-8H,4-5H2,1-3H3,(H,15,17). The summed E-state index contributed by atoms with van der Waals surface area (Å²) in [6.07, 6.45) is 0. The van der Waals surface area contributed by atoms with Crippen LogP contribution in [0.1, 0.15) is 19.4 Å². The minimum absolute atomic E-state index is 0.829. The molecule has 0 spiro atoms. The van der Waals surface area contributed by atoms with Gasteiger partial charge in [-0.2, -0.15) is 0 Å². The number of anilines is 1. The van der Waals surface area contributed by atoms with Gasteiger partial charge >= 0.3 is 0 Å². The number of aromatic nitrogens is 3. The summed E-state index contributed by atoms with van der Waals surface area (Å²) in [5.74, 6) is 1.74. The Morgan fingerprint density at radius 2 is 2.06 bits per heavy atom. The Hall–Kier alpha value is -1.36. The van der Waals surface area contributed by atoms with Crippen molar-refractivity contribution in [3.8, 4) is 11.4 Å². The number of rotatable bonds is 4. The molecule has 5 heteroatoms. The summed E-state index contributed by atoms with van der Waals surface area (Å²) in [5, 5.41) is 11.7. The number of halogens is 1. The fourth-order valence-electron chi connectivity index (χ4n) is 1.89. The first-order valence-corrected chi connectivity index (χ1v) is 6.90. The Labute approximate surface area is 116 Å². The molecule has 0 aliphatic heterocycles. The largest absolute Gasteiger partial charge is 0.355 e. The van der Waals surface area contributed by atoms with Crippen molar-refractivity contribution < 1.29 is 0 Å². The molecule has 0 atom stereocenters. The van der Waals surface area contributed by atoms with Crippen molar-refractivity contribution >= 4 is 21.9 Å². The highest BCUT2D eigenvalue weighted by molar-refractivity contribution is 9.10. The topological polar surface area (TPSA) is 42.7 Å². The van der Waals surface area contributed by atoms with Crippen LogP contribution in [-0.2, 0) is 6.54 Å². The maximum Gasteiger partial charge on any atom is 0.224 e. The number of nitrogens with one attached hydrogen (secondary N) is 1. The molecule has 96 valence electrons. The molecular weight excluding hydrogens is 292 g/mol. The summed E-state index contributed by atoms with van der Waals surface area (Å²) in [7, 11) is 0. The lowest BCUT2D eigenvalue weighted by atomic mass is 10.1. The Morgan fingerprint density at radius 3 is 2.67 bits per heavy atom. The monoisotopic (exact) mass is 308 g/mol. The van der Waals surface area contributed by atoms with Crippen LogP contribution in [-0.4, -0.2) is 21.3 Å². The van der Waals surface area contributed by atoms with Gasteiger partial charge in [-0.15, -0.1) is 10.2 Å². The van der Waals surface area contributed by atoms with Crippen molar-refractivity contribution in [2.24, 2.45) is 0 Å². The molecule has 0 saturated carbocycles. The molecule has 18 heavy (non-hydrogen) atoms. The second-order valence-corrected chi connectivity index (χ2v) is 4.94. The minimum Gasteiger partial charge on any atom is -0.355 e. The zero-order chi connectivity index (χ0) is 13.1. The molecule has 0 aliphatic rings. The summed E-state index contributed by atoms with van der Waals surface area (Å²) in [4.78, 5) is 0. The Kier molecular flexibility index (Phi) is 4.01. The van der Waals surface area contributed by atoms with Crippen LogP contribution in [0.5, 0.6) is 0 Å². The average molecular weight is 309 g/mol. The van der Waals surface area contributed by atoms with Gasteiger partial charge in [-0.3, -0.25) is 4.57 Å². The van der Waals surface area contributed by atoms with E-state index in [-0.39, 0.29) is 0 Å². The van der Waals surface area contributed by atoms with E-state index in [1.165, 1.54) is 5.56 Å². The highest BCUT2D eigenvalue weighted by Crippen LogP contribution is 2.25. The van der Waals surface area contributed by atoms with Gasteiger partial charge in [0.15, 0.2) is 5.82 Å². The van der Waals surface area contributed by atoms with Gasteiger partial charge in [-0.05, 0) is 38.5 Å². The van der Waals surface area contributed by atoms with Gasteiger partial charge in [-0.1, -0.05) is 22.0 Å². The smallest absolute Gasteiger partial charge is 0.224 e. The first-order chi connectivity index (χ1) is 8.67. The number of benzene rings is 1. The molecule has 0 radical (unpaired) electrons. The van der Waals surface area contributed by atoms with Crippen molar-refractivity contribution in [3.63, 3.8) is 0 Å². The Morgan fingerprint density at radius 1 is 1.28 bits per heavy atom. The van der Waals surface area contributed by atoms with Gasteiger partial charge in [-0.25, -0.2) is 0 Å². The first-order valence-electron chi connectivity index (χ1n) is 6.11. The highest BCUT2D eigenvalue weighted by Gasteiger charge is 2.12. The van der Waals surface area contributed by atoms with Gasteiger partial charge in [0, 0.05) is 23.1 Å². The average Bonchev–Trinajstić information content (AvgIpc) is 2.76. The molecule has 1 heterocycles. The van der Waals surface area contributed by atoms with Crippen molar-refractivity contribution in [1.29, 1.82) is 0 Å². The van der Waals surface area contributed by atoms with Crippen molar-refractivity contribution in [2.75, 3.05) is 11.9 Å². The highest BCUT2D eigenvalue weighted by atomic mass is 79.9. The molecule has 0 fully saturated rings. The van der Waals surface area contributed by atoms with Gasteiger partial charge in [0.2, 0.25) is 5.95 Å². The van der Waals surface area contributed by atoms with E-state index in [9.17, 15) is 0 Å². The van der Waals surface area contributed by atoms with E-state index in [4.69, 9.17) is 0 Å². The number of nitrogens with zero attached hydrogens (tertiary/aromatic N) is 3. The maximum absolute atomic E-state index is 4.28. The molecule has 0 unspecified atom stereocenters. The van der Waals surface area contributed by atoms with Gasteiger partial charge in [0.1, 0.15) is 0 Å².